The number of carbonyl (C=O) groups is 1. The van der Waals surface area contributed by atoms with Crippen molar-refractivity contribution in [3.05, 3.63) is 11.9 Å². The van der Waals surface area contributed by atoms with Crippen LogP contribution in [0.1, 0.15) is 38.4 Å². The van der Waals surface area contributed by atoms with Crippen LogP contribution in [0.3, 0.4) is 0 Å². The molecule has 0 bridgehead atoms. The molecular weight excluding hydrogens is 258 g/mol. The van der Waals surface area contributed by atoms with Crippen LogP contribution in [0.25, 0.3) is 0 Å². The maximum atomic E-state index is 11.5. The molecule has 6 nitrogen and oxygen atoms in total. The highest BCUT2D eigenvalue weighted by atomic mass is 16.5. The van der Waals surface area contributed by atoms with E-state index in [1.807, 2.05) is 11.8 Å². The summed E-state index contributed by atoms with van der Waals surface area (Å²) in [4.78, 5) is 21.9. The highest BCUT2D eigenvalue weighted by molar-refractivity contribution is 5.77. The summed E-state index contributed by atoms with van der Waals surface area (Å²) in [6.07, 6.45) is 3.64. The summed E-state index contributed by atoms with van der Waals surface area (Å²) >= 11 is 0. The predicted octanol–water partition coefficient (Wildman–Crippen LogP) is 2.02. The van der Waals surface area contributed by atoms with E-state index in [1.54, 1.807) is 13.0 Å². The molecule has 1 aromatic rings. The Labute approximate surface area is 118 Å². The number of carboxylic acid groups (broad SMARTS) is 1. The van der Waals surface area contributed by atoms with Crippen LogP contribution < -0.4 is 9.64 Å². The van der Waals surface area contributed by atoms with Crippen molar-refractivity contribution in [1.29, 1.82) is 0 Å². The zero-order valence-electron chi connectivity index (χ0n) is 12.0. The summed E-state index contributed by atoms with van der Waals surface area (Å²) in [5.74, 6) is 0.957. The first-order valence-corrected chi connectivity index (χ1v) is 7.09. The van der Waals surface area contributed by atoms with Crippen LogP contribution in [-0.2, 0) is 4.79 Å². The lowest BCUT2D eigenvalue weighted by molar-refractivity contribution is -0.138. The van der Waals surface area contributed by atoms with Crippen molar-refractivity contribution >= 4 is 11.8 Å². The fourth-order valence-electron chi connectivity index (χ4n) is 2.53. The second-order valence-corrected chi connectivity index (χ2v) is 4.94. The summed E-state index contributed by atoms with van der Waals surface area (Å²) in [6, 6.07) is 1.22. The molecule has 1 atom stereocenters. The lowest BCUT2D eigenvalue weighted by Crippen LogP contribution is -2.41. The van der Waals surface area contributed by atoms with Gasteiger partial charge >= 0.3 is 5.97 Å². The standard InChI is InChI=1S/C14H21N3O3/c1-3-20-13-9-12(15-10(2)16-13)17-8-6-4-5-7-11(17)14(18)19/h9,11H,3-8H2,1-2H3,(H,18,19). The molecule has 0 spiro atoms. The van der Waals surface area contributed by atoms with Gasteiger partial charge in [0.05, 0.1) is 6.61 Å². The average Bonchev–Trinajstić information content (AvgIpc) is 2.63. The third-order valence-corrected chi connectivity index (χ3v) is 3.43. The minimum Gasteiger partial charge on any atom is -0.480 e. The van der Waals surface area contributed by atoms with Gasteiger partial charge in [-0.05, 0) is 26.7 Å². The van der Waals surface area contributed by atoms with E-state index in [2.05, 4.69) is 9.97 Å². The third-order valence-electron chi connectivity index (χ3n) is 3.43. The topological polar surface area (TPSA) is 75.5 Å². The summed E-state index contributed by atoms with van der Waals surface area (Å²) in [6.45, 7) is 4.92. The first-order chi connectivity index (χ1) is 9.61. The molecule has 1 saturated heterocycles. The largest absolute Gasteiger partial charge is 0.480 e. The lowest BCUT2D eigenvalue weighted by Gasteiger charge is -2.28. The van der Waals surface area contributed by atoms with E-state index in [-0.39, 0.29) is 0 Å². The molecule has 1 aromatic heterocycles. The third kappa shape index (κ3) is 3.37. The van der Waals surface area contributed by atoms with Crippen molar-refractivity contribution in [2.45, 2.75) is 45.6 Å². The van der Waals surface area contributed by atoms with Crippen LogP contribution in [0.2, 0.25) is 0 Å². The molecule has 0 saturated carbocycles. The minimum absolute atomic E-state index is 0.503. The van der Waals surface area contributed by atoms with Crippen molar-refractivity contribution in [1.82, 2.24) is 9.97 Å². The van der Waals surface area contributed by atoms with E-state index >= 15 is 0 Å². The summed E-state index contributed by atoms with van der Waals surface area (Å²) in [5.41, 5.74) is 0. The molecule has 2 rings (SSSR count). The SMILES string of the molecule is CCOc1cc(N2CCCCCC2C(=O)O)nc(C)n1. The van der Waals surface area contributed by atoms with Gasteiger partial charge in [0.25, 0.3) is 0 Å². The van der Waals surface area contributed by atoms with Crippen molar-refractivity contribution in [2.24, 2.45) is 0 Å². The van der Waals surface area contributed by atoms with Gasteiger partial charge in [-0.2, -0.15) is 4.98 Å². The van der Waals surface area contributed by atoms with Crippen LogP contribution >= 0.6 is 0 Å². The Morgan fingerprint density at radius 3 is 2.95 bits per heavy atom. The van der Waals surface area contributed by atoms with Gasteiger partial charge in [0.15, 0.2) is 0 Å². The first kappa shape index (κ1) is 14.6. The average molecular weight is 279 g/mol. The number of aliphatic carboxylic acids is 1. The fourth-order valence-corrected chi connectivity index (χ4v) is 2.53. The van der Waals surface area contributed by atoms with Crippen molar-refractivity contribution in [2.75, 3.05) is 18.1 Å². The molecule has 0 aliphatic carbocycles. The molecule has 6 heteroatoms. The molecule has 110 valence electrons. The number of aromatic nitrogens is 2. The number of carboxylic acids is 1. The van der Waals surface area contributed by atoms with E-state index in [4.69, 9.17) is 4.74 Å². The van der Waals surface area contributed by atoms with E-state index in [9.17, 15) is 9.90 Å². The molecule has 1 fully saturated rings. The van der Waals surface area contributed by atoms with Gasteiger partial charge in [-0.1, -0.05) is 12.8 Å². The Hall–Kier alpha value is -1.85. The Morgan fingerprint density at radius 1 is 1.45 bits per heavy atom. The maximum absolute atomic E-state index is 11.5. The minimum atomic E-state index is -0.791. The Balaban J connectivity index is 2.32. The van der Waals surface area contributed by atoms with Crippen molar-refractivity contribution in [3.8, 4) is 5.88 Å². The smallest absolute Gasteiger partial charge is 0.326 e. The summed E-state index contributed by atoms with van der Waals surface area (Å²) < 4.78 is 5.42. The van der Waals surface area contributed by atoms with Gasteiger partial charge in [-0.25, -0.2) is 9.78 Å². The predicted molar refractivity (Wildman–Crippen MR) is 75.2 cm³/mol. The number of ether oxygens (including phenoxy) is 1. The van der Waals surface area contributed by atoms with E-state index in [0.717, 1.165) is 19.3 Å². The van der Waals surface area contributed by atoms with Gasteiger partial charge in [-0.3, -0.25) is 0 Å². The molecule has 1 unspecified atom stereocenters. The maximum Gasteiger partial charge on any atom is 0.326 e. The zero-order valence-corrected chi connectivity index (χ0v) is 12.0. The Morgan fingerprint density at radius 2 is 2.25 bits per heavy atom. The zero-order chi connectivity index (χ0) is 14.5. The highest BCUT2D eigenvalue weighted by Crippen LogP contribution is 2.25. The number of anilines is 1. The summed E-state index contributed by atoms with van der Waals surface area (Å²) in [5, 5.41) is 9.42. The Bertz CT molecular complexity index is 479. The number of rotatable bonds is 4. The van der Waals surface area contributed by atoms with Crippen LogP contribution in [0.4, 0.5) is 5.82 Å². The summed E-state index contributed by atoms with van der Waals surface area (Å²) in [7, 11) is 0. The van der Waals surface area contributed by atoms with Crippen LogP contribution in [0.15, 0.2) is 6.07 Å². The monoisotopic (exact) mass is 279 g/mol. The van der Waals surface area contributed by atoms with E-state index in [1.165, 1.54) is 0 Å². The number of aryl methyl sites for hydroxylation is 1. The fraction of sp³-hybridized carbons (Fsp3) is 0.643. The van der Waals surface area contributed by atoms with Gasteiger partial charge in [-0.15, -0.1) is 0 Å². The highest BCUT2D eigenvalue weighted by Gasteiger charge is 2.28. The lowest BCUT2D eigenvalue weighted by atomic mass is 10.1. The molecule has 1 aliphatic rings. The number of nitrogens with zero attached hydrogens (tertiary/aromatic N) is 3. The Kier molecular flexibility index (Phi) is 4.76. The normalized spacial score (nSPS) is 19.5. The van der Waals surface area contributed by atoms with Crippen molar-refractivity contribution < 1.29 is 14.6 Å². The second-order valence-electron chi connectivity index (χ2n) is 4.94. The van der Waals surface area contributed by atoms with Crippen LogP contribution in [-0.4, -0.2) is 40.2 Å². The van der Waals surface area contributed by atoms with Gasteiger partial charge in [0.1, 0.15) is 17.7 Å². The molecule has 2 heterocycles. The van der Waals surface area contributed by atoms with E-state index < -0.39 is 12.0 Å². The number of hydrogen-bond acceptors (Lipinski definition) is 5. The molecule has 1 N–H and O–H groups in total. The second kappa shape index (κ2) is 6.54. The molecule has 0 amide bonds. The first-order valence-electron chi connectivity index (χ1n) is 7.09. The molecule has 0 radical (unpaired) electrons. The number of hydrogen-bond donors (Lipinski definition) is 1. The quantitative estimate of drug-likeness (QED) is 0.908. The molecule has 1 aliphatic heterocycles. The van der Waals surface area contributed by atoms with Gasteiger partial charge < -0.3 is 14.7 Å². The molecular formula is C14H21N3O3. The molecule has 0 aromatic carbocycles. The van der Waals surface area contributed by atoms with Gasteiger partial charge in [0.2, 0.25) is 5.88 Å². The molecule has 20 heavy (non-hydrogen) atoms. The van der Waals surface area contributed by atoms with Crippen LogP contribution in [0.5, 0.6) is 5.88 Å². The van der Waals surface area contributed by atoms with Gasteiger partial charge in [0, 0.05) is 12.6 Å². The van der Waals surface area contributed by atoms with E-state index in [0.29, 0.717) is 37.1 Å². The van der Waals surface area contributed by atoms with Crippen LogP contribution in [0, 0.1) is 6.92 Å². The van der Waals surface area contributed by atoms with Crippen molar-refractivity contribution in [3.63, 3.8) is 0 Å².